The molecule has 0 aliphatic heterocycles. The summed E-state index contributed by atoms with van der Waals surface area (Å²) >= 11 is 1.60. The lowest BCUT2D eigenvalue weighted by molar-refractivity contribution is 0.0696. The highest BCUT2D eigenvalue weighted by atomic mass is 32.2. The van der Waals surface area contributed by atoms with Gasteiger partial charge in [-0.05, 0) is 12.2 Å². The minimum absolute atomic E-state index is 0.171. The van der Waals surface area contributed by atoms with Gasteiger partial charge in [-0.3, -0.25) is 4.68 Å². The Morgan fingerprint density at radius 3 is 3.00 bits per heavy atom. The summed E-state index contributed by atoms with van der Waals surface area (Å²) < 4.78 is 1.58. The Balaban J connectivity index is 2.58. The Kier molecular flexibility index (Phi) is 4.64. The third-order valence-electron chi connectivity index (χ3n) is 1.98. The fourth-order valence-corrected chi connectivity index (χ4v) is 2.16. The summed E-state index contributed by atoms with van der Waals surface area (Å²) in [6, 6.07) is 0. The zero-order valence-corrected chi connectivity index (χ0v) is 9.33. The zero-order chi connectivity index (χ0) is 11.3. The van der Waals surface area contributed by atoms with Gasteiger partial charge in [-0.2, -0.15) is 16.9 Å². The molecule has 0 unspecified atom stereocenters. The zero-order valence-electron chi connectivity index (χ0n) is 8.51. The van der Waals surface area contributed by atoms with Gasteiger partial charge in [0.05, 0.1) is 11.9 Å². The van der Waals surface area contributed by atoms with E-state index >= 15 is 0 Å². The van der Waals surface area contributed by atoms with Crippen molar-refractivity contribution in [3.05, 3.63) is 17.5 Å². The van der Waals surface area contributed by atoms with E-state index in [1.54, 1.807) is 23.5 Å². The van der Waals surface area contributed by atoms with Gasteiger partial charge in [0.2, 0.25) is 0 Å². The van der Waals surface area contributed by atoms with E-state index in [9.17, 15) is 4.79 Å². The van der Waals surface area contributed by atoms with Crippen molar-refractivity contribution in [1.82, 2.24) is 9.78 Å². The summed E-state index contributed by atoms with van der Waals surface area (Å²) in [5, 5.41) is 21.4. The first kappa shape index (κ1) is 12.1. The van der Waals surface area contributed by atoms with E-state index in [4.69, 9.17) is 10.2 Å². The molecular formula is C9H14N2O3S. The number of aromatic carboxylic acids is 1. The van der Waals surface area contributed by atoms with Crippen molar-refractivity contribution in [1.29, 1.82) is 0 Å². The van der Waals surface area contributed by atoms with Gasteiger partial charge in [0.15, 0.2) is 0 Å². The fourth-order valence-electron chi connectivity index (χ4n) is 1.15. The summed E-state index contributed by atoms with van der Waals surface area (Å²) in [5.41, 5.74) is 0.972. The number of hydrogen-bond acceptors (Lipinski definition) is 4. The molecule has 1 aromatic rings. The van der Waals surface area contributed by atoms with Crippen LogP contribution in [0.2, 0.25) is 0 Å². The fraction of sp³-hybridized carbons (Fsp3) is 0.556. The van der Waals surface area contributed by atoms with Crippen LogP contribution in [0.15, 0.2) is 6.20 Å². The average molecular weight is 230 g/mol. The van der Waals surface area contributed by atoms with E-state index in [0.717, 1.165) is 12.2 Å². The molecule has 0 saturated heterocycles. The predicted molar refractivity (Wildman–Crippen MR) is 58.0 cm³/mol. The van der Waals surface area contributed by atoms with E-state index in [2.05, 4.69) is 5.10 Å². The molecular weight excluding hydrogens is 216 g/mol. The number of aryl methyl sites for hydroxylation is 1. The van der Waals surface area contributed by atoms with Gasteiger partial charge in [0, 0.05) is 19.4 Å². The third-order valence-corrected chi connectivity index (χ3v) is 3.03. The lowest BCUT2D eigenvalue weighted by Crippen LogP contribution is -2.03. The van der Waals surface area contributed by atoms with Gasteiger partial charge in [0.25, 0.3) is 0 Å². The molecule has 6 heteroatoms. The molecule has 15 heavy (non-hydrogen) atoms. The predicted octanol–water partition coefficient (Wildman–Crippen LogP) is 0.734. The first-order valence-electron chi connectivity index (χ1n) is 4.59. The molecule has 84 valence electrons. The van der Waals surface area contributed by atoms with E-state index < -0.39 is 5.97 Å². The molecule has 0 spiro atoms. The molecule has 1 rings (SSSR count). The number of carbonyl (C=O) groups is 1. The van der Waals surface area contributed by atoms with Crippen LogP contribution in [0.5, 0.6) is 0 Å². The minimum Gasteiger partial charge on any atom is -0.478 e. The third kappa shape index (κ3) is 3.24. The van der Waals surface area contributed by atoms with Crippen LogP contribution < -0.4 is 0 Å². The van der Waals surface area contributed by atoms with Gasteiger partial charge in [0.1, 0.15) is 5.56 Å². The normalized spacial score (nSPS) is 10.5. The Bertz CT molecular complexity index is 338. The quantitative estimate of drug-likeness (QED) is 0.705. The number of rotatable bonds is 6. The second-order valence-electron chi connectivity index (χ2n) is 3.06. The summed E-state index contributed by atoms with van der Waals surface area (Å²) in [6.07, 6.45) is 2.09. The van der Waals surface area contributed by atoms with Crippen molar-refractivity contribution in [3.63, 3.8) is 0 Å². The summed E-state index contributed by atoms with van der Waals surface area (Å²) in [5.74, 6) is 0.486. The van der Waals surface area contributed by atoms with Crippen molar-refractivity contribution >= 4 is 17.7 Å². The monoisotopic (exact) mass is 230 g/mol. The van der Waals surface area contributed by atoms with Gasteiger partial charge in [-0.25, -0.2) is 4.79 Å². The molecule has 0 aliphatic rings. The van der Waals surface area contributed by atoms with Gasteiger partial charge >= 0.3 is 5.97 Å². The number of hydrogen-bond donors (Lipinski definition) is 2. The van der Waals surface area contributed by atoms with Crippen molar-refractivity contribution in [3.8, 4) is 0 Å². The SMILES string of the molecule is Cn1ncc(C(=O)O)c1CSCCCO. The Labute approximate surface area is 92.1 Å². The first-order valence-corrected chi connectivity index (χ1v) is 5.75. The van der Waals surface area contributed by atoms with Crippen LogP contribution in [0.1, 0.15) is 22.5 Å². The lowest BCUT2D eigenvalue weighted by Gasteiger charge is -2.03. The van der Waals surface area contributed by atoms with Gasteiger partial charge < -0.3 is 10.2 Å². The van der Waals surface area contributed by atoms with Crippen molar-refractivity contribution in [2.75, 3.05) is 12.4 Å². The summed E-state index contributed by atoms with van der Waals surface area (Å²) in [6.45, 7) is 0.171. The van der Waals surface area contributed by atoms with Crippen LogP contribution in [0.4, 0.5) is 0 Å². The van der Waals surface area contributed by atoms with Crippen LogP contribution in [0, 0.1) is 0 Å². The Hall–Kier alpha value is -1.01. The molecule has 0 aliphatic carbocycles. The highest BCUT2D eigenvalue weighted by molar-refractivity contribution is 7.98. The highest BCUT2D eigenvalue weighted by Crippen LogP contribution is 2.16. The maximum absolute atomic E-state index is 10.8. The largest absolute Gasteiger partial charge is 0.478 e. The minimum atomic E-state index is -0.944. The van der Waals surface area contributed by atoms with E-state index in [1.807, 2.05) is 0 Å². The number of carboxylic acid groups (broad SMARTS) is 1. The molecule has 0 radical (unpaired) electrons. The summed E-state index contributed by atoms with van der Waals surface area (Å²) in [4.78, 5) is 10.8. The van der Waals surface area contributed by atoms with Crippen LogP contribution in [-0.4, -0.2) is 38.3 Å². The Morgan fingerprint density at radius 2 is 2.40 bits per heavy atom. The maximum Gasteiger partial charge on any atom is 0.339 e. The van der Waals surface area contributed by atoms with E-state index in [0.29, 0.717) is 11.4 Å². The molecule has 0 amide bonds. The van der Waals surface area contributed by atoms with Crippen LogP contribution in [0.25, 0.3) is 0 Å². The van der Waals surface area contributed by atoms with Crippen LogP contribution in [0.3, 0.4) is 0 Å². The molecule has 1 heterocycles. The number of nitrogens with zero attached hydrogens (tertiary/aromatic N) is 2. The molecule has 0 saturated carbocycles. The van der Waals surface area contributed by atoms with Crippen LogP contribution >= 0.6 is 11.8 Å². The molecule has 0 fully saturated rings. The topological polar surface area (TPSA) is 75.4 Å². The summed E-state index contributed by atoms with van der Waals surface area (Å²) in [7, 11) is 1.73. The maximum atomic E-state index is 10.8. The van der Waals surface area contributed by atoms with Crippen LogP contribution in [-0.2, 0) is 12.8 Å². The molecule has 0 bridgehead atoms. The number of carboxylic acids is 1. The highest BCUT2D eigenvalue weighted by Gasteiger charge is 2.14. The number of thioether (sulfide) groups is 1. The molecule has 0 aromatic carbocycles. The number of aromatic nitrogens is 2. The molecule has 0 atom stereocenters. The molecule has 2 N–H and O–H groups in total. The van der Waals surface area contributed by atoms with Crippen molar-refractivity contribution < 1.29 is 15.0 Å². The van der Waals surface area contributed by atoms with Gasteiger partial charge in [-0.1, -0.05) is 0 Å². The van der Waals surface area contributed by atoms with E-state index in [1.165, 1.54) is 6.20 Å². The van der Waals surface area contributed by atoms with Crippen molar-refractivity contribution in [2.24, 2.45) is 7.05 Å². The standard InChI is InChI=1S/C9H14N2O3S/c1-11-8(6-15-4-2-3-12)7(5-10-11)9(13)14/h5,12H,2-4,6H2,1H3,(H,13,14). The second-order valence-corrected chi connectivity index (χ2v) is 4.17. The first-order chi connectivity index (χ1) is 7.16. The second kappa shape index (κ2) is 5.77. The smallest absolute Gasteiger partial charge is 0.339 e. The van der Waals surface area contributed by atoms with Crippen molar-refractivity contribution in [2.45, 2.75) is 12.2 Å². The lowest BCUT2D eigenvalue weighted by atomic mass is 10.3. The molecule has 1 aromatic heterocycles. The Morgan fingerprint density at radius 1 is 1.67 bits per heavy atom. The average Bonchev–Trinajstić information content (AvgIpc) is 2.55. The van der Waals surface area contributed by atoms with Gasteiger partial charge in [-0.15, -0.1) is 0 Å². The molecule has 5 nitrogen and oxygen atoms in total. The van der Waals surface area contributed by atoms with E-state index in [-0.39, 0.29) is 12.2 Å². The number of aliphatic hydroxyl groups excluding tert-OH is 1. The number of aliphatic hydroxyl groups is 1.